The van der Waals surface area contributed by atoms with Gasteiger partial charge in [0.25, 0.3) is 0 Å². The zero-order valence-electron chi connectivity index (χ0n) is 30.8. The fourth-order valence-electron chi connectivity index (χ4n) is 5.18. The molecule has 47 heavy (non-hydrogen) atoms. The van der Waals surface area contributed by atoms with E-state index in [1.54, 1.807) is 0 Å². The van der Waals surface area contributed by atoms with E-state index in [1.165, 1.54) is 89.9 Å². The van der Waals surface area contributed by atoms with Gasteiger partial charge in [-0.05, 0) is 77.0 Å². The van der Waals surface area contributed by atoms with Gasteiger partial charge in [0, 0.05) is 13.0 Å². The van der Waals surface area contributed by atoms with E-state index in [1.807, 2.05) is 0 Å². The van der Waals surface area contributed by atoms with Crippen molar-refractivity contribution in [3.05, 3.63) is 72.9 Å². The highest BCUT2D eigenvalue weighted by Gasteiger charge is 2.13. The number of esters is 1. The second-order valence-electron chi connectivity index (χ2n) is 12.6. The van der Waals surface area contributed by atoms with E-state index in [0.717, 1.165) is 57.8 Å². The van der Waals surface area contributed by atoms with Crippen molar-refractivity contribution in [2.75, 3.05) is 19.8 Å². The number of rotatable bonds is 35. The molecular formula is C43H74O4. The van der Waals surface area contributed by atoms with E-state index in [-0.39, 0.29) is 19.2 Å². The predicted molar refractivity (Wildman–Crippen MR) is 205 cm³/mol. The van der Waals surface area contributed by atoms with Crippen LogP contribution in [0.5, 0.6) is 0 Å². The van der Waals surface area contributed by atoms with E-state index in [2.05, 4.69) is 86.8 Å². The molecule has 0 aromatic rings. The lowest BCUT2D eigenvalue weighted by Gasteiger charge is -2.16. The minimum atomic E-state index is -0.546. The number of allylic oxidation sites excluding steroid dienone is 12. The molecular weight excluding hydrogens is 580 g/mol. The average molecular weight is 655 g/mol. The zero-order chi connectivity index (χ0) is 34.1. The number of ether oxygens (including phenoxy) is 2. The highest BCUT2D eigenvalue weighted by molar-refractivity contribution is 5.69. The smallest absolute Gasteiger partial charge is 0.306 e. The van der Waals surface area contributed by atoms with Crippen LogP contribution in [-0.4, -0.2) is 37.0 Å². The summed E-state index contributed by atoms with van der Waals surface area (Å²) in [4.78, 5) is 12.2. The maximum Gasteiger partial charge on any atom is 0.306 e. The molecule has 0 aliphatic heterocycles. The van der Waals surface area contributed by atoms with Crippen LogP contribution in [0.3, 0.4) is 0 Å². The summed E-state index contributed by atoms with van der Waals surface area (Å²) < 4.78 is 11.1. The van der Waals surface area contributed by atoms with E-state index in [0.29, 0.717) is 13.0 Å². The van der Waals surface area contributed by atoms with Gasteiger partial charge in [-0.1, -0.05) is 157 Å². The Morgan fingerprint density at radius 1 is 0.511 bits per heavy atom. The van der Waals surface area contributed by atoms with Crippen LogP contribution in [0.15, 0.2) is 72.9 Å². The Bertz CT molecular complexity index is 820. The van der Waals surface area contributed by atoms with Crippen molar-refractivity contribution in [1.29, 1.82) is 0 Å². The largest absolute Gasteiger partial charge is 0.457 e. The van der Waals surface area contributed by atoms with Crippen LogP contribution in [-0.2, 0) is 14.3 Å². The lowest BCUT2D eigenvalue weighted by Crippen LogP contribution is -2.27. The molecule has 0 saturated heterocycles. The molecule has 0 amide bonds. The second-order valence-corrected chi connectivity index (χ2v) is 12.6. The van der Waals surface area contributed by atoms with Gasteiger partial charge < -0.3 is 14.6 Å². The van der Waals surface area contributed by atoms with Crippen LogP contribution in [0.1, 0.15) is 168 Å². The normalized spacial score (nSPS) is 13.2. The van der Waals surface area contributed by atoms with Crippen molar-refractivity contribution in [2.24, 2.45) is 0 Å². The van der Waals surface area contributed by atoms with Crippen molar-refractivity contribution in [3.8, 4) is 0 Å². The van der Waals surface area contributed by atoms with Gasteiger partial charge in [-0.3, -0.25) is 4.79 Å². The zero-order valence-corrected chi connectivity index (χ0v) is 30.8. The molecule has 0 heterocycles. The first-order valence-corrected chi connectivity index (χ1v) is 19.5. The molecule has 1 N–H and O–H groups in total. The molecule has 1 atom stereocenters. The fourth-order valence-corrected chi connectivity index (χ4v) is 5.18. The summed E-state index contributed by atoms with van der Waals surface area (Å²) >= 11 is 0. The predicted octanol–water partition coefficient (Wildman–Crippen LogP) is 12.6. The first-order chi connectivity index (χ1) is 23.2. The van der Waals surface area contributed by atoms with Crippen LogP contribution in [0, 0.1) is 0 Å². The van der Waals surface area contributed by atoms with Gasteiger partial charge in [0.2, 0.25) is 0 Å². The molecule has 0 fully saturated rings. The highest BCUT2D eigenvalue weighted by atomic mass is 16.6. The maximum absolute atomic E-state index is 12.2. The number of hydrogen-bond donors (Lipinski definition) is 1. The lowest BCUT2D eigenvalue weighted by molar-refractivity contribution is -0.154. The van der Waals surface area contributed by atoms with Gasteiger partial charge in [-0.25, -0.2) is 0 Å². The van der Waals surface area contributed by atoms with Gasteiger partial charge in [-0.15, -0.1) is 0 Å². The van der Waals surface area contributed by atoms with Crippen molar-refractivity contribution in [1.82, 2.24) is 0 Å². The topological polar surface area (TPSA) is 55.8 Å². The Labute approximate surface area is 291 Å². The molecule has 0 radical (unpaired) electrons. The number of carbonyl (C=O) groups is 1. The molecule has 0 aliphatic carbocycles. The van der Waals surface area contributed by atoms with Crippen LogP contribution in [0.4, 0.5) is 0 Å². The summed E-state index contributed by atoms with van der Waals surface area (Å²) in [5.74, 6) is -0.217. The van der Waals surface area contributed by atoms with Crippen molar-refractivity contribution < 1.29 is 19.4 Å². The Morgan fingerprint density at radius 3 is 1.34 bits per heavy atom. The minimum Gasteiger partial charge on any atom is -0.457 e. The number of unbranched alkanes of at least 4 members (excludes halogenated alkanes) is 15. The fraction of sp³-hybridized carbons (Fsp3) is 0.698. The molecule has 4 heteroatoms. The molecule has 0 bridgehead atoms. The van der Waals surface area contributed by atoms with Crippen LogP contribution in [0.2, 0.25) is 0 Å². The third kappa shape index (κ3) is 38.2. The first kappa shape index (κ1) is 44.8. The third-order valence-electron chi connectivity index (χ3n) is 8.03. The molecule has 0 saturated carbocycles. The van der Waals surface area contributed by atoms with Crippen LogP contribution >= 0.6 is 0 Å². The maximum atomic E-state index is 12.2. The molecule has 0 rings (SSSR count). The number of aliphatic hydroxyl groups excluding tert-OH is 1. The van der Waals surface area contributed by atoms with Gasteiger partial charge >= 0.3 is 5.97 Å². The summed E-state index contributed by atoms with van der Waals surface area (Å²) in [5.41, 5.74) is 0. The SMILES string of the molecule is CC/C=C\C/C=C\C/C=C\CCCCCCCCCCOCC(CO)OC(=O)CCCCCCCCC/C=C\C/C=C\C/C=C\CC. The first-order valence-electron chi connectivity index (χ1n) is 19.5. The van der Waals surface area contributed by atoms with E-state index in [4.69, 9.17) is 9.47 Å². The minimum absolute atomic E-state index is 0.182. The molecule has 0 aromatic heterocycles. The molecule has 4 nitrogen and oxygen atoms in total. The second kappa shape index (κ2) is 40.0. The van der Waals surface area contributed by atoms with Crippen molar-refractivity contribution >= 4 is 5.97 Å². The Balaban J connectivity index is 3.49. The number of aliphatic hydroxyl groups is 1. The summed E-state index contributed by atoms with van der Waals surface area (Å²) in [5, 5.41) is 9.58. The van der Waals surface area contributed by atoms with Gasteiger partial charge in [0.1, 0.15) is 6.10 Å². The lowest BCUT2D eigenvalue weighted by atomic mass is 10.1. The average Bonchev–Trinajstić information content (AvgIpc) is 3.08. The van der Waals surface area contributed by atoms with Crippen LogP contribution < -0.4 is 0 Å². The molecule has 0 aromatic carbocycles. The number of hydrogen-bond acceptors (Lipinski definition) is 4. The highest BCUT2D eigenvalue weighted by Crippen LogP contribution is 2.12. The third-order valence-corrected chi connectivity index (χ3v) is 8.03. The Hall–Kier alpha value is -2.17. The van der Waals surface area contributed by atoms with E-state index in [9.17, 15) is 9.90 Å². The standard InChI is InChI=1S/C43H74O4/c1-3-5-7-9-11-13-15-17-19-21-23-25-27-29-31-33-35-37-39-46-41-42(40-44)47-43(45)38-36-34-32-30-28-26-24-22-20-18-16-14-12-10-8-6-4-2/h5-8,11-14,17-20,42,44H,3-4,9-10,15-16,21-41H2,1-2H3/b7-5-,8-6-,13-11-,14-12-,19-17-,20-18-. The van der Waals surface area contributed by atoms with Crippen LogP contribution in [0.25, 0.3) is 0 Å². The molecule has 270 valence electrons. The van der Waals surface area contributed by atoms with Gasteiger partial charge in [0.05, 0.1) is 13.2 Å². The summed E-state index contributed by atoms with van der Waals surface area (Å²) in [7, 11) is 0. The molecule has 1 unspecified atom stereocenters. The summed E-state index contributed by atoms with van der Waals surface area (Å²) in [6.07, 6.45) is 53.7. The molecule has 0 aliphatic rings. The Morgan fingerprint density at radius 2 is 0.894 bits per heavy atom. The van der Waals surface area contributed by atoms with E-state index < -0.39 is 6.10 Å². The Kier molecular flexibility index (Phi) is 38.2. The van der Waals surface area contributed by atoms with Crippen molar-refractivity contribution in [2.45, 2.75) is 174 Å². The summed E-state index contributed by atoms with van der Waals surface area (Å²) in [6.45, 7) is 5.09. The summed E-state index contributed by atoms with van der Waals surface area (Å²) in [6, 6.07) is 0. The van der Waals surface area contributed by atoms with Gasteiger partial charge in [-0.2, -0.15) is 0 Å². The number of carbonyl (C=O) groups excluding carboxylic acids is 1. The molecule has 0 spiro atoms. The monoisotopic (exact) mass is 655 g/mol. The van der Waals surface area contributed by atoms with E-state index >= 15 is 0 Å². The quantitative estimate of drug-likeness (QED) is 0.0420. The van der Waals surface area contributed by atoms with Gasteiger partial charge in [0.15, 0.2) is 0 Å². The van der Waals surface area contributed by atoms with Crippen molar-refractivity contribution in [3.63, 3.8) is 0 Å².